The third-order valence-electron chi connectivity index (χ3n) is 5.98. The summed E-state index contributed by atoms with van der Waals surface area (Å²) in [5.41, 5.74) is 2.04. The fourth-order valence-corrected chi connectivity index (χ4v) is 4.22. The molecule has 0 radical (unpaired) electrons. The van der Waals surface area contributed by atoms with E-state index < -0.39 is 0 Å². The lowest BCUT2D eigenvalue weighted by atomic mass is 9.96. The smallest absolute Gasteiger partial charge is 0.251 e. The Hall–Kier alpha value is -1.88. The Balaban J connectivity index is 1.34. The van der Waals surface area contributed by atoms with Gasteiger partial charge in [0.05, 0.1) is 0 Å². The van der Waals surface area contributed by atoms with Crippen LogP contribution in [0.25, 0.3) is 0 Å². The van der Waals surface area contributed by atoms with Gasteiger partial charge in [-0.05, 0) is 68.3 Å². The van der Waals surface area contributed by atoms with Gasteiger partial charge < -0.3 is 15.1 Å². The average molecular weight is 386 g/mol. The largest absolute Gasteiger partial charge is 0.352 e. The molecule has 2 fully saturated rings. The monoisotopic (exact) mass is 385 g/mol. The van der Waals surface area contributed by atoms with Gasteiger partial charge in [0, 0.05) is 38.2 Å². The fraction of sp³-hybridized carbons (Fsp3) is 0.652. The fourth-order valence-electron chi connectivity index (χ4n) is 4.22. The van der Waals surface area contributed by atoms with E-state index in [4.69, 9.17) is 0 Å². The molecule has 0 saturated carbocycles. The number of nitrogens with one attached hydrogen (secondary N) is 1. The number of nitrogens with zero attached hydrogens (tertiary/aromatic N) is 2. The number of carbonyl (C=O) groups is 2. The molecule has 0 bridgehead atoms. The second-order valence-electron chi connectivity index (χ2n) is 8.77. The summed E-state index contributed by atoms with van der Waals surface area (Å²) in [5.74, 6) is 1.52. The van der Waals surface area contributed by atoms with Crippen molar-refractivity contribution in [1.29, 1.82) is 0 Å². The van der Waals surface area contributed by atoms with Crippen LogP contribution in [0.4, 0.5) is 0 Å². The van der Waals surface area contributed by atoms with Crippen LogP contribution in [0.2, 0.25) is 0 Å². The van der Waals surface area contributed by atoms with E-state index >= 15 is 0 Å². The Bertz CT molecular complexity index is 648. The maximum Gasteiger partial charge on any atom is 0.251 e. The van der Waals surface area contributed by atoms with E-state index in [-0.39, 0.29) is 5.91 Å². The van der Waals surface area contributed by atoms with E-state index in [1.54, 1.807) is 0 Å². The summed E-state index contributed by atoms with van der Waals surface area (Å²) in [5, 5.41) is 3.12. The maximum atomic E-state index is 12.4. The highest BCUT2D eigenvalue weighted by Crippen LogP contribution is 2.17. The van der Waals surface area contributed by atoms with Gasteiger partial charge in [0.15, 0.2) is 0 Å². The van der Waals surface area contributed by atoms with Crippen molar-refractivity contribution < 1.29 is 9.59 Å². The average Bonchev–Trinajstić information content (AvgIpc) is 3.10. The number of hydrogen-bond donors (Lipinski definition) is 1. The van der Waals surface area contributed by atoms with Gasteiger partial charge in [-0.25, -0.2) is 0 Å². The first-order valence-electron chi connectivity index (χ1n) is 10.9. The molecule has 0 atom stereocenters. The van der Waals surface area contributed by atoms with Gasteiger partial charge in [0.2, 0.25) is 5.91 Å². The van der Waals surface area contributed by atoms with Crippen molar-refractivity contribution in [2.45, 2.75) is 46.0 Å². The van der Waals surface area contributed by atoms with Gasteiger partial charge in [0.1, 0.15) is 0 Å². The lowest BCUT2D eigenvalue weighted by Gasteiger charge is -2.33. The van der Waals surface area contributed by atoms with Crippen LogP contribution < -0.4 is 5.32 Å². The van der Waals surface area contributed by atoms with Gasteiger partial charge in [-0.3, -0.25) is 9.59 Å². The number of benzene rings is 1. The molecular formula is C23H35N3O2. The predicted octanol–water partition coefficient (Wildman–Crippen LogP) is 2.95. The van der Waals surface area contributed by atoms with Crippen LogP contribution in [0.5, 0.6) is 0 Å². The van der Waals surface area contributed by atoms with Gasteiger partial charge >= 0.3 is 0 Å². The Morgan fingerprint density at radius 2 is 1.82 bits per heavy atom. The van der Waals surface area contributed by atoms with Crippen molar-refractivity contribution in [1.82, 2.24) is 15.1 Å². The van der Waals surface area contributed by atoms with Crippen LogP contribution in [0, 0.1) is 11.8 Å². The summed E-state index contributed by atoms with van der Waals surface area (Å²) in [6, 6.07) is 8.02. The lowest BCUT2D eigenvalue weighted by molar-refractivity contribution is -0.127. The number of amides is 2. The van der Waals surface area contributed by atoms with E-state index in [1.807, 2.05) is 17.0 Å². The van der Waals surface area contributed by atoms with Crippen molar-refractivity contribution in [2.75, 3.05) is 39.3 Å². The van der Waals surface area contributed by atoms with Crippen LogP contribution in [-0.4, -0.2) is 60.9 Å². The zero-order valence-corrected chi connectivity index (χ0v) is 17.5. The molecule has 5 heteroatoms. The number of likely N-dealkylation sites (tertiary alicyclic amines) is 2. The summed E-state index contributed by atoms with van der Waals surface area (Å²) in [4.78, 5) is 28.6. The zero-order valence-electron chi connectivity index (χ0n) is 17.5. The highest BCUT2D eigenvalue weighted by Gasteiger charge is 2.23. The highest BCUT2D eigenvalue weighted by molar-refractivity contribution is 5.94. The van der Waals surface area contributed by atoms with Crippen LogP contribution >= 0.6 is 0 Å². The van der Waals surface area contributed by atoms with E-state index in [1.165, 1.54) is 5.56 Å². The van der Waals surface area contributed by atoms with Crippen molar-refractivity contribution in [3.05, 3.63) is 35.4 Å². The lowest BCUT2D eigenvalue weighted by Crippen LogP contribution is -2.42. The summed E-state index contributed by atoms with van der Waals surface area (Å²) in [6.07, 6.45) is 5.01. The number of carbonyl (C=O) groups excluding carboxylic acids is 2. The zero-order chi connectivity index (χ0) is 19.9. The molecular weight excluding hydrogens is 350 g/mol. The first kappa shape index (κ1) is 20.8. The van der Waals surface area contributed by atoms with Crippen LogP contribution in [0.3, 0.4) is 0 Å². The molecule has 2 amide bonds. The summed E-state index contributed by atoms with van der Waals surface area (Å²) in [6.45, 7) is 10.1. The molecule has 2 heterocycles. The van der Waals surface area contributed by atoms with Crippen molar-refractivity contribution in [3.8, 4) is 0 Å². The topological polar surface area (TPSA) is 52.7 Å². The molecule has 0 unspecified atom stereocenters. The molecule has 28 heavy (non-hydrogen) atoms. The minimum absolute atomic E-state index is 0.0334. The summed E-state index contributed by atoms with van der Waals surface area (Å²) in [7, 11) is 0. The van der Waals surface area contributed by atoms with Crippen LogP contribution in [0.15, 0.2) is 24.3 Å². The Morgan fingerprint density at radius 1 is 1.11 bits per heavy atom. The normalized spacial score (nSPS) is 18.8. The number of hydrogen-bond acceptors (Lipinski definition) is 3. The molecule has 2 aliphatic rings. The van der Waals surface area contributed by atoms with Gasteiger partial charge in [0.25, 0.3) is 5.91 Å². The van der Waals surface area contributed by atoms with Gasteiger partial charge in [-0.1, -0.05) is 26.0 Å². The van der Waals surface area contributed by atoms with E-state index in [0.717, 1.165) is 76.9 Å². The van der Waals surface area contributed by atoms with Crippen molar-refractivity contribution in [2.24, 2.45) is 11.8 Å². The molecule has 0 aromatic heterocycles. The molecule has 3 rings (SSSR count). The first-order valence-corrected chi connectivity index (χ1v) is 10.9. The second-order valence-corrected chi connectivity index (χ2v) is 8.77. The Kier molecular flexibility index (Phi) is 7.49. The van der Waals surface area contributed by atoms with E-state index in [2.05, 4.69) is 36.2 Å². The SMILES string of the molecule is CC(C)Cc1ccc(C(=O)NCC2CCN(CCN3CCCC3=O)CC2)cc1. The Labute approximate surface area is 169 Å². The number of piperidine rings is 1. The van der Waals surface area contributed by atoms with E-state index in [0.29, 0.717) is 17.7 Å². The predicted molar refractivity (Wildman–Crippen MR) is 112 cm³/mol. The number of rotatable bonds is 8. The standard InChI is InChI=1S/C23H35N3O2/c1-18(2)16-19-5-7-21(8-6-19)23(28)24-17-20-9-12-25(13-10-20)14-15-26-11-3-4-22(26)27/h5-8,18,20H,3-4,9-17H2,1-2H3,(H,24,28). The molecule has 2 saturated heterocycles. The molecule has 1 N–H and O–H groups in total. The molecule has 5 nitrogen and oxygen atoms in total. The quantitative estimate of drug-likeness (QED) is 0.749. The minimum atomic E-state index is 0.0334. The van der Waals surface area contributed by atoms with Gasteiger partial charge in [-0.2, -0.15) is 0 Å². The van der Waals surface area contributed by atoms with Gasteiger partial charge in [-0.15, -0.1) is 0 Å². The Morgan fingerprint density at radius 3 is 2.43 bits per heavy atom. The highest BCUT2D eigenvalue weighted by atomic mass is 16.2. The second kappa shape index (κ2) is 10.1. The molecule has 2 aliphatic heterocycles. The summed E-state index contributed by atoms with van der Waals surface area (Å²) >= 11 is 0. The van der Waals surface area contributed by atoms with Crippen LogP contribution in [0.1, 0.15) is 55.5 Å². The summed E-state index contributed by atoms with van der Waals surface area (Å²) < 4.78 is 0. The first-order chi connectivity index (χ1) is 13.5. The molecule has 1 aromatic rings. The minimum Gasteiger partial charge on any atom is -0.352 e. The van der Waals surface area contributed by atoms with Crippen molar-refractivity contribution in [3.63, 3.8) is 0 Å². The van der Waals surface area contributed by atoms with E-state index in [9.17, 15) is 9.59 Å². The molecule has 1 aromatic carbocycles. The molecule has 0 spiro atoms. The maximum absolute atomic E-state index is 12.4. The third kappa shape index (κ3) is 6.06. The molecule has 154 valence electrons. The van der Waals surface area contributed by atoms with Crippen molar-refractivity contribution >= 4 is 11.8 Å². The molecule has 0 aliphatic carbocycles. The van der Waals surface area contributed by atoms with Crippen LogP contribution in [-0.2, 0) is 11.2 Å². The third-order valence-corrected chi connectivity index (χ3v) is 5.98.